The first-order valence-corrected chi connectivity index (χ1v) is 51.6. The van der Waals surface area contributed by atoms with E-state index >= 15 is 0 Å². The van der Waals surface area contributed by atoms with Crippen molar-refractivity contribution in [2.24, 2.45) is 11.8 Å². The van der Waals surface area contributed by atoms with Gasteiger partial charge in [0.2, 0.25) is 0 Å². The topological polar surface area (TPSA) is 303 Å². The lowest BCUT2D eigenvalue weighted by atomic mass is 9.76. The Morgan fingerprint density at radius 1 is 0.431 bits per heavy atom. The van der Waals surface area contributed by atoms with Crippen molar-refractivity contribution in [3.05, 3.63) is 154 Å². The molecule has 0 bridgehead atoms. The van der Waals surface area contributed by atoms with Crippen molar-refractivity contribution < 1.29 is 128 Å². The number of esters is 4. The Bertz CT molecular complexity index is 3800. The zero-order chi connectivity index (χ0) is 97.9. The Morgan fingerprint density at radius 2 is 0.815 bits per heavy atom. The number of ether oxygens (including phenoxy) is 19. The quantitative estimate of drug-likeness (QED) is 0.0104. The van der Waals surface area contributed by atoms with Gasteiger partial charge in [-0.05, 0) is 139 Å². The molecule has 2 N–H and O–H groups in total. The van der Waals surface area contributed by atoms with Gasteiger partial charge in [0, 0.05) is 116 Å². The molecule has 0 aliphatic heterocycles. The summed E-state index contributed by atoms with van der Waals surface area (Å²) in [5.74, 6) is -0.374. The van der Waals surface area contributed by atoms with Crippen molar-refractivity contribution in [3.8, 4) is 11.5 Å². The average Bonchev–Trinajstić information content (AvgIpc) is 0.793. The molecule has 0 heterocycles. The van der Waals surface area contributed by atoms with Gasteiger partial charge in [0.15, 0.2) is 28.8 Å². The van der Waals surface area contributed by atoms with E-state index < -0.39 is 76.0 Å². The highest BCUT2D eigenvalue weighted by molar-refractivity contribution is 6.74. The standard InChI is InChI=1S/C51H84O14Si.C47H76O12Si.C3H8O/c1-16-38(32-60-36-59-26-25-54-9)27-37(3)44(61-33-39-21-23-42(57-12)24-22-39)30-43(65-66(14,15)50(4,5)6)31-46(64-47(52)17-2)51(7,8)41-20-18-19-40(28-41)29-45(62-34-55-10)48(49(53)58-13)63-35-56-11;1-14-34(30-56-32-55-24-23-52-9)25-33(3)41(57-31-35-19-21-38(53-10)22-20-35)28-39(59-60(12,13)46(4,5)6)29-42(58-43(49)15-2)47(7,8)37-18-16-17-36(26-37)27-40(48)44(50)45(51)54-11;1-3-4-2/h18-24,27-28,38,43-46,48H,16-17,25-26,29-36H2,1-15H3;16-22,25-26,34,39-42,44,48,50H,14-15,23-24,27-32H2,1-13H3;3H2,1-2H3/b37-27-;33-25-;/t38-,43-,44+,45-,46+,48+;34-,39-,40-,41+,42+,44+;/m11./s1. The lowest BCUT2D eigenvalue weighted by molar-refractivity contribution is -0.187. The molecule has 27 nitrogen and oxygen atoms in total. The highest BCUT2D eigenvalue weighted by Gasteiger charge is 2.46. The maximum Gasteiger partial charge on any atom is 0.337 e. The Hall–Kier alpha value is -6.41. The second kappa shape index (κ2) is 63.0. The molecule has 742 valence electrons. The normalized spacial score (nSPS) is 15.3. The first-order chi connectivity index (χ1) is 61.4. The summed E-state index contributed by atoms with van der Waals surface area (Å²) < 4.78 is 121. The molecule has 0 saturated carbocycles. The highest BCUT2D eigenvalue weighted by atomic mass is 28.4. The molecule has 0 aliphatic rings. The van der Waals surface area contributed by atoms with Crippen molar-refractivity contribution in [2.75, 3.05) is 137 Å². The van der Waals surface area contributed by atoms with Crippen LogP contribution in [0.5, 0.6) is 11.5 Å². The number of carbonyl (C=O) groups is 4. The molecule has 0 amide bonds. The van der Waals surface area contributed by atoms with Gasteiger partial charge in [-0.2, -0.15) is 0 Å². The van der Waals surface area contributed by atoms with Crippen LogP contribution >= 0.6 is 0 Å². The van der Waals surface area contributed by atoms with E-state index in [0.717, 1.165) is 77.0 Å². The molecule has 0 radical (unpaired) electrons. The largest absolute Gasteiger partial charge is 0.497 e. The van der Waals surface area contributed by atoms with Crippen molar-refractivity contribution in [3.63, 3.8) is 0 Å². The van der Waals surface area contributed by atoms with E-state index in [1.807, 2.05) is 112 Å². The zero-order valence-electron chi connectivity index (χ0n) is 84.7. The van der Waals surface area contributed by atoms with Gasteiger partial charge in [-0.1, -0.05) is 182 Å². The number of hydrogen-bond acceptors (Lipinski definition) is 27. The number of benzene rings is 4. The predicted molar refractivity (Wildman–Crippen MR) is 512 cm³/mol. The van der Waals surface area contributed by atoms with Crippen LogP contribution in [0.15, 0.2) is 120 Å². The summed E-state index contributed by atoms with van der Waals surface area (Å²) in [6, 6.07) is 31.3. The summed E-state index contributed by atoms with van der Waals surface area (Å²) in [5.41, 5.74) is 6.02. The Morgan fingerprint density at radius 3 is 1.15 bits per heavy atom. The van der Waals surface area contributed by atoms with E-state index in [9.17, 15) is 29.4 Å². The minimum absolute atomic E-state index is 0.0141. The van der Waals surface area contributed by atoms with E-state index in [2.05, 4.69) is 137 Å². The van der Waals surface area contributed by atoms with Crippen molar-refractivity contribution in [1.29, 1.82) is 0 Å². The fourth-order valence-electron chi connectivity index (χ4n) is 13.5. The molecule has 0 aromatic heterocycles. The average molecular weight is 1870 g/mol. The Balaban J connectivity index is 0.000000848. The smallest absolute Gasteiger partial charge is 0.337 e. The summed E-state index contributed by atoms with van der Waals surface area (Å²) in [4.78, 5) is 51.5. The zero-order valence-corrected chi connectivity index (χ0v) is 86.7. The first-order valence-electron chi connectivity index (χ1n) is 45.7. The molecule has 0 unspecified atom stereocenters. The van der Waals surface area contributed by atoms with Crippen LogP contribution in [0.4, 0.5) is 0 Å². The van der Waals surface area contributed by atoms with Crippen LogP contribution < -0.4 is 9.47 Å². The van der Waals surface area contributed by atoms with Crippen molar-refractivity contribution in [1.82, 2.24) is 0 Å². The monoisotopic (exact) mass is 1870 g/mol. The number of hydrogen-bond donors (Lipinski definition) is 2. The van der Waals surface area contributed by atoms with E-state index in [1.54, 1.807) is 49.4 Å². The molecule has 4 rings (SSSR count). The van der Waals surface area contributed by atoms with Crippen molar-refractivity contribution >= 4 is 40.5 Å². The van der Waals surface area contributed by atoms with Crippen molar-refractivity contribution in [2.45, 2.75) is 303 Å². The summed E-state index contributed by atoms with van der Waals surface area (Å²) in [6.45, 7) is 49.1. The van der Waals surface area contributed by atoms with Crippen LogP contribution in [0.3, 0.4) is 0 Å². The van der Waals surface area contributed by atoms with Crippen LogP contribution in [0.2, 0.25) is 36.3 Å². The second-order valence-electron chi connectivity index (χ2n) is 36.8. The number of methoxy groups -OCH3 is 9. The molecule has 4 aromatic rings. The second-order valence-corrected chi connectivity index (χ2v) is 46.3. The Labute approximate surface area is 782 Å². The molecule has 0 fully saturated rings. The van der Waals surface area contributed by atoms with Gasteiger partial charge in [-0.3, -0.25) is 9.59 Å². The number of carbonyl (C=O) groups excluding carboxylic acids is 4. The third-order valence-corrected chi connectivity index (χ3v) is 33.2. The van der Waals surface area contributed by atoms with E-state index in [0.29, 0.717) is 84.1 Å². The third-order valence-electron chi connectivity index (χ3n) is 24.2. The third kappa shape index (κ3) is 43.9. The Kier molecular flexibility index (Phi) is 58.0. The van der Waals surface area contributed by atoms with Gasteiger partial charge in [0.05, 0.1) is 112 Å². The minimum Gasteiger partial charge on any atom is -0.497 e. The SMILES string of the molecule is CCC(=O)O[C@@H](C[C@@H](C[C@H](OCc1ccc(OC)cc1)/C(C)=C\[C@@H](CC)COCOCCOC)O[Si](C)(C)C(C)(C)C)C(C)(C)c1cccc(C[C@@H](O)[C@H](O)C(=O)OC)c1.CCC(=O)O[C@@H](C[C@@H](C[C@H](OCc1ccc(OC)cc1)/C(C)=C\[C@@H](CC)COCOCCOC)O[Si](C)(C)C(C)(C)C)C(C)(C)c1cccc(C[C@@H](OCOC)[C@H](OCOC)C(=O)OC)c1.CCOC. The molecule has 0 saturated heterocycles. The number of aliphatic hydroxyl groups is 2. The molecule has 4 aromatic carbocycles. The highest BCUT2D eigenvalue weighted by Crippen LogP contribution is 2.44. The lowest BCUT2D eigenvalue weighted by Gasteiger charge is -2.43. The summed E-state index contributed by atoms with van der Waals surface area (Å²) in [5, 5.41) is 20.7. The molecule has 12 atom stereocenters. The van der Waals surface area contributed by atoms with Crippen LogP contribution in [0, 0.1) is 11.8 Å². The fourth-order valence-corrected chi connectivity index (χ4v) is 16.2. The molecule has 0 aliphatic carbocycles. The van der Waals surface area contributed by atoms with Gasteiger partial charge in [-0.25, -0.2) is 9.59 Å². The lowest BCUT2D eigenvalue weighted by Crippen LogP contribution is -2.48. The van der Waals surface area contributed by atoms with Crippen LogP contribution in [0.25, 0.3) is 0 Å². The molecular weight excluding hydrogens is 1700 g/mol. The maximum atomic E-state index is 13.4. The van der Waals surface area contributed by atoms with Crippen LogP contribution in [0.1, 0.15) is 202 Å². The molecule has 0 spiro atoms. The summed E-state index contributed by atoms with van der Waals surface area (Å²) in [7, 11) is 8.88. The van der Waals surface area contributed by atoms with Gasteiger partial charge in [0.1, 0.15) is 57.0 Å². The number of rotatable bonds is 63. The fraction of sp³-hybridized carbons (Fsp3) is 0.683. The van der Waals surface area contributed by atoms with Crippen LogP contribution in [-0.2, 0) is 145 Å². The summed E-state index contributed by atoms with van der Waals surface area (Å²) >= 11 is 0. The summed E-state index contributed by atoms with van der Waals surface area (Å²) in [6.07, 6.45) is 1.10. The predicted octanol–water partition coefficient (Wildman–Crippen LogP) is 18.1. The van der Waals surface area contributed by atoms with Gasteiger partial charge < -0.3 is 109 Å². The molecule has 29 heteroatoms. The van der Waals surface area contributed by atoms with E-state index in [4.69, 9.17) is 89.4 Å². The van der Waals surface area contributed by atoms with E-state index in [1.165, 1.54) is 21.3 Å². The molecular formula is C101H168O27Si2. The van der Waals surface area contributed by atoms with E-state index in [-0.39, 0.29) is 111 Å². The minimum atomic E-state index is -2.42. The van der Waals surface area contributed by atoms with Crippen LogP contribution in [-0.4, -0.2) is 249 Å². The van der Waals surface area contributed by atoms with Gasteiger partial charge >= 0.3 is 23.9 Å². The first kappa shape index (κ1) is 120. The maximum absolute atomic E-state index is 13.4. The van der Waals surface area contributed by atoms with Gasteiger partial charge in [-0.15, -0.1) is 0 Å². The molecule has 130 heavy (non-hydrogen) atoms. The van der Waals surface area contributed by atoms with Gasteiger partial charge in [0.25, 0.3) is 0 Å². The number of aliphatic hydroxyl groups excluding tert-OH is 2.